The summed E-state index contributed by atoms with van der Waals surface area (Å²) in [6.07, 6.45) is 2.68. The number of methoxy groups -OCH3 is 4. The molecular formula is C42H46O6. The van der Waals surface area contributed by atoms with E-state index < -0.39 is 0 Å². The lowest BCUT2D eigenvalue weighted by atomic mass is 9.86. The third kappa shape index (κ3) is 8.43. The number of ether oxygens (including phenoxy) is 6. The number of hydrogen-bond acceptors (Lipinski definition) is 6. The van der Waals surface area contributed by atoms with Crippen LogP contribution in [0.1, 0.15) is 45.9 Å². The minimum atomic E-state index is 0.346. The Morgan fingerprint density at radius 2 is 0.833 bits per heavy atom. The quantitative estimate of drug-likeness (QED) is 0.113. The van der Waals surface area contributed by atoms with Gasteiger partial charge in [-0.1, -0.05) is 43.3 Å². The zero-order valence-corrected chi connectivity index (χ0v) is 29.1. The topological polar surface area (TPSA) is 55.4 Å². The standard InChI is InChI=1S/C42H46O6/c1-8-33-13-9-11-28(2)41(33)42-29(3)12-10-14-34(42)16-15-30-17-39(47-26-31-19-35(43-4)23-36(20-31)44-5)25-40(18-30)48-27-32-21-37(45-6)24-38(22-32)46-7/h9-14,17-25H,8,15-16,26-27H2,1-7H3. The van der Waals surface area contributed by atoms with E-state index in [2.05, 4.69) is 69.3 Å². The first kappa shape index (κ1) is 34.2. The molecule has 0 N–H and O–H groups in total. The third-order valence-corrected chi connectivity index (χ3v) is 8.61. The van der Waals surface area contributed by atoms with Crippen LogP contribution in [-0.2, 0) is 32.5 Å². The Kier molecular flexibility index (Phi) is 11.5. The zero-order chi connectivity index (χ0) is 34.0. The van der Waals surface area contributed by atoms with E-state index in [1.54, 1.807) is 28.4 Å². The summed E-state index contributed by atoms with van der Waals surface area (Å²) in [5, 5.41) is 0. The fourth-order valence-electron chi connectivity index (χ4n) is 6.13. The SMILES string of the molecule is CCc1cccc(C)c1-c1c(C)cccc1CCc1cc(OCc2cc(OC)cc(OC)c2)cc(OCc2cc(OC)cc(OC)c2)c1. The summed E-state index contributed by atoms with van der Waals surface area (Å²) in [5.41, 5.74) is 11.0. The van der Waals surface area contributed by atoms with Gasteiger partial charge in [-0.25, -0.2) is 0 Å². The summed E-state index contributed by atoms with van der Waals surface area (Å²) in [6, 6.07) is 30.9. The normalized spacial score (nSPS) is 10.8. The monoisotopic (exact) mass is 646 g/mol. The van der Waals surface area contributed by atoms with Gasteiger partial charge in [0.25, 0.3) is 0 Å². The first-order chi connectivity index (χ1) is 23.3. The van der Waals surface area contributed by atoms with Crippen molar-refractivity contribution in [2.24, 2.45) is 0 Å². The minimum absolute atomic E-state index is 0.346. The first-order valence-electron chi connectivity index (χ1n) is 16.3. The molecule has 250 valence electrons. The van der Waals surface area contributed by atoms with Crippen LogP contribution in [0.4, 0.5) is 0 Å². The summed E-state index contributed by atoms with van der Waals surface area (Å²) in [5.74, 6) is 4.32. The van der Waals surface area contributed by atoms with E-state index in [-0.39, 0.29) is 0 Å². The highest BCUT2D eigenvalue weighted by atomic mass is 16.5. The molecule has 6 heteroatoms. The smallest absolute Gasteiger partial charge is 0.123 e. The Balaban J connectivity index is 1.44. The number of hydrogen-bond donors (Lipinski definition) is 0. The van der Waals surface area contributed by atoms with E-state index in [1.165, 1.54) is 33.4 Å². The van der Waals surface area contributed by atoms with Crippen molar-refractivity contribution in [2.45, 2.75) is 53.2 Å². The molecule has 6 nitrogen and oxygen atoms in total. The molecule has 5 aromatic carbocycles. The molecule has 0 aliphatic carbocycles. The van der Waals surface area contributed by atoms with E-state index in [0.29, 0.717) is 36.2 Å². The molecule has 5 aromatic rings. The summed E-state index contributed by atoms with van der Waals surface area (Å²) in [7, 11) is 6.58. The van der Waals surface area contributed by atoms with Gasteiger partial charge < -0.3 is 28.4 Å². The molecule has 0 amide bonds. The van der Waals surface area contributed by atoms with Crippen LogP contribution in [0.25, 0.3) is 11.1 Å². The van der Waals surface area contributed by atoms with E-state index in [4.69, 9.17) is 28.4 Å². The van der Waals surface area contributed by atoms with Crippen molar-refractivity contribution in [2.75, 3.05) is 28.4 Å². The van der Waals surface area contributed by atoms with E-state index >= 15 is 0 Å². The lowest BCUT2D eigenvalue weighted by molar-refractivity contribution is 0.287. The highest BCUT2D eigenvalue weighted by molar-refractivity contribution is 5.77. The van der Waals surface area contributed by atoms with Gasteiger partial charge in [0, 0.05) is 18.2 Å². The molecule has 0 aliphatic rings. The molecule has 0 atom stereocenters. The van der Waals surface area contributed by atoms with Gasteiger partial charge in [0.1, 0.15) is 47.7 Å². The van der Waals surface area contributed by atoms with Crippen molar-refractivity contribution in [3.63, 3.8) is 0 Å². The Morgan fingerprint density at radius 3 is 1.27 bits per heavy atom. The Hall–Kier alpha value is -5.10. The molecular weight excluding hydrogens is 600 g/mol. The summed E-state index contributed by atoms with van der Waals surface area (Å²) < 4.78 is 34.6. The van der Waals surface area contributed by atoms with Gasteiger partial charge in [-0.2, -0.15) is 0 Å². The second-order valence-electron chi connectivity index (χ2n) is 11.9. The number of benzene rings is 5. The molecule has 0 aromatic heterocycles. The maximum atomic E-state index is 6.38. The molecule has 48 heavy (non-hydrogen) atoms. The van der Waals surface area contributed by atoms with Crippen molar-refractivity contribution < 1.29 is 28.4 Å². The molecule has 0 spiro atoms. The maximum Gasteiger partial charge on any atom is 0.123 e. The van der Waals surface area contributed by atoms with Gasteiger partial charge in [-0.3, -0.25) is 0 Å². The van der Waals surface area contributed by atoms with Crippen LogP contribution in [-0.4, -0.2) is 28.4 Å². The van der Waals surface area contributed by atoms with Gasteiger partial charge in [-0.05, 0) is 120 Å². The average molecular weight is 647 g/mol. The van der Waals surface area contributed by atoms with Crippen LogP contribution in [0.15, 0.2) is 91.0 Å². The Bertz CT molecular complexity index is 1720. The average Bonchev–Trinajstić information content (AvgIpc) is 3.12. The Labute approximate surface area is 285 Å². The predicted molar refractivity (Wildman–Crippen MR) is 192 cm³/mol. The molecule has 0 saturated carbocycles. The second-order valence-corrected chi connectivity index (χ2v) is 11.9. The van der Waals surface area contributed by atoms with Gasteiger partial charge in [-0.15, -0.1) is 0 Å². The van der Waals surface area contributed by atoms with Crippen molar-refractivity contribution in [3.05, 3.63) is 130 Å². The molecule has 0 fully saturated rings. The molecule has 0 aliphatic heterocycles. The van der Waals surface area contributed by atoms with E-state index in [9.17, 15) is 0 Å². The predicted octanol–water partition coefficient (Wildman–Crippen LogP) is 9.51. The number of aryl methyl sites for hydroxylation is 5. The van der Waals surface area contributed by atoms with Crippen LogP contribution >= 0.6 is 0 Å². The van der Waals surface area contributed by atoms with E-state index in [0.717, 1.165) is 47.5 Å². The van der Waals surface area contributed by atoms with Crippen molar-refractivity contribution in [1.82, 2.24) is 0 Å². The molecule has 0 unspecified atom stereocenters. The third-order valence-electron chi connectivity index (χ3n) is 8.61. The zero-order valence-electron chi connectivity index (χ0n) is 29.1. The van der Waals surface area contributed by atoms with Gasteiger partial charge in [0.15, 0.2) is 0 Å². The van der Waals surface area contributed by atoms with E-state index in [1.807, 2.05) is 42.5 Å². The largest absolute Gasteiger partial charge is 0.497 e. The highest BCUT2D eigenvalue weighted by Crippen LogP contribution is 2.35. The van der Waals surface area contributed by atoms with Crippen LogP contribution in [0.3, 0.4) is 0 Å². The van der Waals surface area contributed by atoms with Crippen molar-refractivity contribution >= 4 is 0 Å². The van der Waals surface area contributed by atoms with Crippen LogP contribution < -0.4 is 28.4 Å². The van der Waals surface area contributed by atoms with Gasteiger partial charge in [0.05, 0.1) is 28.4 Å². The fourth-order valence-corrected chi connectivity index (χ4v) is 6.13. The van der Waals surface area contributed by atoms with Crippen molar-refractivity contribution in [1.29, 1.82) is 0 Å². The number of rotatable bonds is 15. The molecule has 5 rings (SSSR count). The van der Waals surface area contributed by atoms with Crippen LogP contribution in [0.5, 0.6) is 34.5 Å². The first-order valence-corrected chi connectivity index (χ1v) is 16.3. The lowest BCUT2D eigenvalue weighted by Crippen LogP contribution is -2.03. The molecule has 0 heterocycles. The lowest BCUT2D eigenvalue weighted by Gasteiger charge is -2.19. The summed E-state index contributed by atoms with van der Waals surface area (Å²) >= 11 is 0. The molecule has 0 bridgehead atoms. The van der Waals surface area contributed by atoms with Crippen molar-refractivity contribution in [3.8, 4) is 45.6 Å². The fraction of sp³-hybridized carbons (Fsp3) is 0.286. The second kappa shape index (κ2) is 16.1. The van der Waals surface area contributed by atoms with Gasteiger partial charge in [0.2, 0.25) is 0 Å². The maximum absolute atomic E-state index is 6.38. The summed E-state index contributed by atoms with van der Waals surface area (Å²) in [6.45, 7) is 7.35. The molecule has 0 saturated heterocycles. The van der Waals surface area contributed by atoms with Crippen LogP contribution in [0.2, 0.25) is 0 Å². The minimum Gasteiger partial charge on any atom is -0.497 e. The van der Waals surface area contributed by atoms with Gasteiger partial charge >= 0.3 is 0 Å². The Morgan fingerprint density at radius 1 is 0.438 bits per heavy atom. The van der Waals surface area contributed by atoms with Crippen LogP contribution in [0, 0.1) is 13.8 Å². The molecule has 0 radical (unpaired) electrons. The summed E-state index contributed by atoms with van der Waals surface area (Å²) in [4.78, 5) is 0. The highest BCUT2D eigenvalue weighted by Gasteiger charge is 2.15.